The second-order valence-electron chi connectivity index (χ2n) is 5.90. The number of fused-ring (bicyclic) bond motifs is 1. The highest BCUT2D eigenvalue weighted by Crippen LogP contribution is 2.23. The van der Waals surface area contributed by atoms with Gasteiger partial charge in [0.25, 0.3) is 10.1 Å². The van der Waals surface area contributed by atoms with Crippen LogP contribution >= 0.6 is 0 Å². The molecule has 0 fully saturated rings. The molecule has 122 valence electrons. The van der Waals surface area contributed by atoms with Gasteiger partial charge in [0.05, 0.1) is 4.90 Å². The van der Waals surface area contributed by atoms with E-state index in [-0.39, 0.29) is 4.90 Å². The zero-order valence-electron chi connectivity index (χ0n) is 13.4. The van der Waals surface area contributed by atoms with Crippen LogP contribution in [0.3, 0.4) is 0 Å². The van der Waals surface area contributed by atoms with Gasteiger partial charge in [-0.1, -0.05) is 39.0 Å². The monoisotopic (exact) mass is 323 g/mol. The lowest BCUT2D eigenvalue weighted by Crippen LogP contribution is -2.01. The smallest absolute Gasteiger partial charge is 0.294 e. The molecule has 1 aromatic heterocycles. The number of rotatable bonds is 8. The van der Waals surface area contributed by atoms with Crippen molar-refractivity contribution in [2.24, 2.45) is 0 Å². The number of aromatic nitrogens is 1. The van der Waals surface area contributed by atoms with E-state index in [0.29, 0.717) is 0 Å². The van der Waals surface area contributed by atoms with E-state index in [4.69, 9.17) is 4.55 Å². The first kappa shape index (κ1) is 17.0. The van der Waals surface area contributed by atoms with E-state index in [0.717, 1.165) is 29.6 Å². The third kappa shape index (κ3) is 4.11. The Morgan fingerprint density at radius 1 is 1.05 bits per heavy atom. The van der Waals surface area contributed by atoms with Gasteiger partial charge in [-0.3, -0.25) is 4.55 Å². The summed E-state index contributed by atoms with van der Waals surface area (Å²) in [6, 6.07) is 6.76. The summed E-state index contributed by atoms with van der Waals surface area (Å²) in [5, 5.41) is 0.860. The average molecular weight is 323 g/mol. The minimum absolute atomic E-state index is 0.0447. The zero-order chi connectivity index (χ0) is 16.2. The molecule has 0 amide bonds. The summed E-state index contributed by atoms with van der Waals surface area (Å²) in [7, 11) is -4.14. The molecule has 4 nitrogen and oxygen atoms in total. The van der Waals surface area contributed by atoms with Crippen LogP contribution in [0.4, 0.5) is 0 Å². The van der Waals surface area contributed by atoms with Crippen molar-refractivity contribution in [2.45, 2.75) is 63.8 Å². The molecule has 0 aliphatic carbocycles. The SMILES string of the molecule is CCCCCCCCn1c(C)cc2cc(S(=O)(=O)O)ccc21. The Hall–Kier alpha value is -1.33. The van der Waals surface area contributed by atoms with Crippen LogP contribution in [-0.4, -0.2) is 17.5 Å². The van der Waals surface area contributed by atoms with E-state index >= 15 is 0 Å². The highest BCUT2D eigenvalue weighted by Gasteiger charge is 2.12. The van der Waals surface area contributed by atoms with Gasteiger partial charge in [-0.05, 0) is 37.6 Å². The summed E-state index contributed by atoms with van der Waals surface area (Å²) in [4.78, 5) is -0.0447. The summed E-state index contributed by atoms with van der Waals surface area (Å²) >= 11 is 0. The van der Waals surface area contributed by atoms with Gasteiger partial charge >= 0.3 is 0 Å². The van der Waals surface area contributed by atoms with Crippen molar-refractivity contribution in [3.8, 4) is 0 Å². The molecule has 0 atom stereocenters. The van der Waals surface area contributed by atoms with Crippen molar-refractivity contribution < 1.29 is 13.0 Å². The van der Waals surface area contributed by atoms with Gasteiger partial charge in [-0.15, -0.1) is 0 Å². The molecule has 0 radical (unpaired) electrons. The first-order valence-corrected chi connectivity index (χ1v) is 9.45. The van der Waals surface area contributed by atoms with Crippen LogP contribution in [0, 0.1) is 6.92 Å². The first-order valence-electron chi connectivity index (χ1n) is 8.01. The highest BCUT2D eigenvalue weighted by atomic mass is 32.2. The van der Waals surface area contributed by atoms with Gasteiger partial charge in [0.2, 0.25) is 0 Å². The summed E-state index contributed by atoms with van der Waals surface area (Å²) in [6.07, 6.45) is 7.51. The van der Waals surface area contributed by atoms with Crippen LogP contribution in [0.25, 0.3) is 10.9 Å². The second kappa shape index (κ2) is 7.29. The summed E-state index contributed by atoms with van der Waals surface area (Å²) in [5.74, 6) is 0. The fourth-order valence-electron chi connectivity index (χ4n) is 2.89. The molecule has 0 spiro atoms. The van der Waals surface area contributed by atoms with Gasteiger partial charge in [0, 0.05) is 23.1 Å². The van der Waals surface area contributed by atoms with E-state index in [2.05, 4.69) is 11.5 Å². The fourth-order valence-corrected chi connectivity index (χ4v) is 3.41. The predicted molar refractivity (Wildman–Crippen MR) is 89.9 cm³/mol. The van der Waals surface area contributed by atoms with Gasteiger partial charge in [0.1, 0.15) is 0 Å². The molecular weight excluding hydrogens is 298 g/mol. The molecular formula is C17H25NO3S. The van der Waals surface area contributed by atoms with Crippen LogP contribution in [-0.2, 0) is 16.7 Å². The number of hydrogen-bond acceptors (Lipinski definition) is 2. The maximum Gasteiger partial charge on any atom is 0.294 e. The third-order valence-corrected chi connectivity index (χ3v) is 4.96. The van der Waals surface area contributed by atoms with Crippen molar-refractivity contribution in [1.29, 1.82) is 0 Å². The van der Waals surface area contributed by atoms with Gasteiger partial charge in [0.15, 0.2) is 0 Å². The quantitative estimate of drug-likeness (QED) is 0.572. The molecule has 1 aromatic carbocycles. The number of nitrogens with zero attached hydrogens (tertiary/aromatic N) is 1. The second-order valence-corrected chi connectivity index (χ2v) is 7.32. The molecule has 0 aliphatic heterocycles. The normalized spacial score (nSPS) is 12.1. The zero-order valence-corrected chi connectivity index (χ0v) is 14.2. The summed E-state index contributed by atoms with van der Waals surface area (Å²) in [5.41, 5.74) is 2.15. The van der Waals surface area contributed by atoms with Gasteiger partial charge in [-0.25, -0.2) is 0 Å². The maximum absolute atomic E-state index is 11.2. The Balaban J connectivity index is 2.09. The largest absolute Gasteiger partial charge is 0.345 e. The van der Waals surface area contributed by atoms with Gasteiger partial charge < -0.3 is 4.57 Å². The molecule has 2 rings (SSSR count). The van der Waals surface area contributed by atoms with E-state index in [1.54, 1.807) is 6.07 Å². The van der Waals surface area contributed by atoms with E-state index < -0.39 is 10.1 Å². The molecule has 1 heterocycles. The lowest BCUT2D eigenvalue weighted by atomic mass is 10.1. The lowest BCUT2D eigenvalue weighted by molar-refractivity contribution is 0.483. The molecule has 0 unspecified atom stereocenters. The standard InChI is InChI=1S/C17H25NO3S/c1-3-4-5-6-7-8-11-18-14(2)12-15-13-16(22(19,20)21)9-10-17(15)18/h9-10,12-13H,3-8,11H2,1-2H3,(H,19,20,21). The molecule has 22 heavy (non-hydrogen) atoms. The minimum atomic E-state index is -4.14. The lowest BCUT2D eigenvalue weighted by Gasteiger charge is -2.08. The van der Waals surface area contributed by atoms with E-state index in [1.807, 2.05) is 13.0 Å². The Morgan fingerprint density at radius 3 is 2.41 bits per heavy atom. The fraction of sp³-hybridized carbons (Fsp3) is 0.529. The van der Waals surface area contributed by atoms with Crippen LogP contribution < -0.4 is 0 Å². The minimum Gasteiger partial charge on any atom is -0.345 e. The van der Waals surface area contributed by atoms with Crippen molar-refractivity contribution in [3.63, 3.8) is 0 Å². The van der Waals surface area contributed by atoms with Crippen LogP contribution in [0.2, 0.25) is 0 Å². The summed E-state index contributed by atoms with van der Waals surface area (Å²) in [6.45, 7) is 5.20. The highest BCUT2D eigenvalue weighted by molar-refractivity contribution is 7.85. The topological polar surface area (TPSA) is 59.3 Å². The molecule has 0 saturated heterocycles. The maximum atomic E-state index is 11.2. The Morgan fingerprint density at radius 2 is 1.73 bits per heavy atom. The number of hydrogen-bond donors (Lipinski definition) is 1. The van der Waals surface area contributed by atoms with E-state index in [1.165, 1.54) is 44.2 Å². The third-order valence-electron chi connectivity index (χ3n) is 4.11. The Labute approximate surface area is 132 Å². The van der Waals surface area contributed by atoms with Crippen molar-refractivity contribution >= 4 is 21.0 Å². The molecule has 1 N–H and O–H groups in total. The number of benzene rings is 1. The number of aryl methyl sites for hydroxylation is 2. The Bertz CT molecular complexity index is 732. The first-order chi connectivity index (χ1) is 10.4. The molecule has 0 saturated carbocycles. The average Bonchev–Trinajstić information content (AvgIpc) is 2.77. The number of unbranched alkanes of at least 4 members (excludes halogenated alkanes) is 5. The van der Waals surface area contributed by atoms with E-state index in [9.17, 15) is 8.42 Å². The van der Waals surface area contributed by atoms with Crippen LogP contribution in [0.5, 0.6) is 0 Å². The summed E-state index contributed by atoms with van der Waals surface area (Å²) < 4.78 is 33.8. The predicted octanol–water partition coefficient (Wildman–Crippen LogP) is 4.56. The van der Waals surface area contributed by atoms with Crippen molar-refractivity contribution in [2.75, 3.05) is 0 Å². The molecule has 2 aromatic rings. The Kier molecular flexibility index (Phi) is 5.64. The molecule has 5 heteroatoms. The molecule has 0 bridgehead atoms. The molecule has 0 aliphatic rings. The van der Waals surface area contributed by atoms with Crippen LogP contribution in [0.15, 0.2) is 29.2 Å². The van der Waals surface area contributed by atoms with Gasteiger partial charge in [-0.2, -0.15) is 8.42 Å². The van der Waals surface area contributed by atoms with Crippen LogP contribution in [0.1, 0.15) is 51.1 Å². The van der Waals surface area contributed by atoms with Crippen molar-refractivity contribution in [1.82, 2.24) is 4.57 Å². The van der Waals surface area contributed by atoms with Crippen molar-refractivity contribution in [3.05, 3.63) is 30.0 Å².